The number of ether oxygens (including phenoxy) is 2. The van der Waals surface area contributed by atoms with Crippen LogP contribution in [0.2, 0.25) is 0 Å². The minimum Gasteiger partial charge on any atom is -0.494 e. The first-order valence-corrected chi connectivity index (χ1v) is 12.7. The van der Waals surface area contributed by atoms with Crippen molar-refractivity contribution in [3.8, 4) is 5.75 Å². The van der Waals surface area contributed by atoms with Crippen LogP contribution in [0.25, 0.3) is 0 Å². The van der Waals surface area contributed by atoms with Crippen LogP contribution in [0.5, 0.6) is 5.75 Å². The Morgan fingerprint density at radius 2 is 1.61 bits per heavy atom. The van der Waals surface area contributed by atoms with E-state index in [-0.39, 0.29) is 41.9 Å². The fraction of sp³-hybridized carbons (Fsp3) is 0.500. The summed E-state index contributed by atoms with van der Waals surface area (Å²) in [6, 6.07) is 6.16. The van der Waals surface area contributed by atoms with Gasteiger partial charge in [-0.1, -0.05) is 27.7 Å². The first-order chi connectivity index (χ1) is 17.9. The number of halogens is 2. The number of hydrogen-bond acceptors (Lipinski definition) is 5. The van der Waals surface area contributed by atoms with E-state index in [9.17, 15) is 19.1 Å². The highest BCUT2D eigenvalue weighted by Gasteiger charge is 2.25. The molecule has 0 aromatic heterocycles. The number of aliphatic carboxylic acids is 1. The summed E-state index contributed by atoms with van der Waals surface area (Å²) in [5.41, 5.74) is 0.627. The van der Waals surface area contributed by atoms with Crippen LogP contribution >= 0.6 is 0 Å². The average molecular weight is 536 g/mol. The highest BCUT2D eigenvalue weighted by molar-refractivity contribution is 6.02. The van der Waals surface area contributed by atoms with Crippen LogP contribution in [0.3, 0.4) is 0 Å². The van der Waals surface area contributed by atoms with E-state index in [0.717, 1.165) is 0 Å². The number of rotatable bonds is 14. The maximum Gasteiger partial charge on any atom is 0.323 e. The molecule has 2 rings (SSSR count). The first-order valence-electron chi connectivity index (χ1n) is 12.7. The van der Waals surface area contributed by atoms with Crippen molar-refractivity contribution < 1.29 is 33.0 Å². The number of carbonyl (C=O) groups is 2. The number of carboxylic acids is 1. The lowest BCUT2D eigenvalue weighted by Gasteiger charge is -2.31. The van der Waals surface area contributed by atoms with Gasteiger partial charge in [-0.05, 0) is 48.6 Å². The molecule has 2 amide bonds. The Balaban J connectivity index is 2.52. The minimum absolute atomic E-state index is 0.0514. The van der Waals surface area contributed by atoms with E-state index in [2.05, 4.69) is 10.6 Å². The van der Waals surface area contributed by atoms with E-state index in [1.165, 1.54) is 31.4 Å². The molecule has 210 valence electrons. The van der Waals surface area contributed by atoms with Crippen molar-refractivity contribution in [3.63, 3.8) is 0 Å². The Labute approximate surface area is 223 Å². The zero-order chi connectivity index (χ0) is 28.4. The third-order valence-corrected chi connectivity index (χ3v) is 5.58. The summed E-state index contributed by atoms with van der Waals surface area (Å²) >= 11 is 0. The van der Waals surface area contributed by atoms with Gasteiger partial charge in [-0.3, -0.25) is 4.79 Å². The van der Waals surface area contributed by atoms with Gasteiger partial charge in [0.15, 0.2) is 0 Å². The Kier molecular flexibility index (Phi) is 11.8. The number of benzene rings is 2. The molecule has 0 saturated carbocycles. The maximum atomic E-state index is 15.8. The fourth-order valence-corrected chi connectivity index (χ4v) is 4.23. The van der Waals surface area contributed by atoms with Crippen LogP contribution in [-0.4, -0.2) is 50.5 Å². The third-order valence-electron chi connectivity index (χ3n) is 5.58. The molecule has 0 radical (unpaired) electrons. The Bertz CT molecular complexity index is 1080. The molecular formula is C28H39F2N3O5. The lowest BCUT2D eigenvalue weighted by Crippen LogP contribution is -2.33. The lowest BCUT2D eigenvalue weighted by atomic mass is 9.94. The topological polar surface area (TPSA) is 100 Å². The van der Waals surface area contributed by atoms with Crippen molar-refractivity contribution in [2.45, 2.75) is 47.0 Å². The molecule has 1 unspecified atom stereocenters. The number of carbonyl (C=O) groups excluding carboxylic acids is 1. The number of nitrogens with zero attached hydrogens (tertiary/aromatic N) is 1. The van der Waals surface area contributed by atoms with Gasteiger partial charge < -0.3 is 30.1 Å². The van der Waals surface area contributed by atoms with Gasteiger partial charge in [0.2, 0.25) is 0 Å². The summed E-state index contributed by atoms with van der Waals surface area (Å²) in [5, 5.41) is 14.5. The first kappa shape index (κ1) is 30.8. The van der Waals surface area contributed by atoms with Crippen molar-refractivity contribution in [1.29, 1.82) is 0 Å². The molecule has 0 aliphatic carbocycles. The molecule has 0 fully saturated rings. The SMILES string of the molecule is CCOc1ccc(NC(=O)Nc2cc(C(COC)CC(=O)O)cc(F)c2N(CC(C)C)CC(C)C)c(F)c1. The van der Waals surface area contributed by atoms with E-state index in [1.54, 1.807) is 13.0 Å². The van der Waals surface area contributed by atoms with Gasteiger partial charge in [0.1, 0.15) is 17.4 Å². The molecule has 38 heavy (non-hydrogen) atoms. The molecule has 0 heterocycles. The van der Waals surface area contributed by atoms with Crippen LogP contribution in [0.1, 0.15) is 52.5 Å². The van der Waals surface area contributed by atoms with Gasteiger partial charge in [0.25, 0.3) is 0 Å². The molecule has 1 atom stereocenters. The number of amides is 2. The van der Waals surface area contributed by atoms with Crippen LogP contribution < -0.4 is 20.3 Å². The molecule has 0 spiro atoms. The van der Waals surface area contributed by atoms with Crippen molar-refractivity contribution in [3.05, 3.63) is 47.5 Å². The monoisotopic (exact) mass is 535 g/mol. The molecular weight excluding hydrogens is 496 g/mol. The quantitative estimate of drug-likeness (QED) is 0.261. The van der Waals surface area contributed by atoms with Gasteiger partial charge in [0.05, 0.1) is 36.7 Å². The zero-order valence-electron chi connectivity index (χ0n) is 22.9. The summed E-state index contributed by atoms with van der Waals surface area (Å²) in [5.74, 6) is -2.27. The van der Waals surface area contributed by atoms with Crippen molar-refractivity contribution in [1.82, 2.24) is 0 Å². The summed E-state index contributed by atoms with van der Waals surface area (Å²) in [6.07, 6.45) is -0.280. The molecule has 2 aromatic carbocycles. The van der Waals surface area contributed by atoms with Gasteiger partial charge in [-0.2, -0.15) is 0 Å². The summed E-state index contributed by atoms with van der Waals surface area (Å²) < 4.78 is 40.8. The van der Waals surface area contributed by atoms with E-state index in [0.29, 0.717) is 31.0 Å². The lowest BCUT2D eigenvalue weighted by molar-refractivity contribution is -0.137. The zero-order valence-corrected chi connectivity index (χ0v) is 22.9. The number of methoxy groups -OCH3 is 1. The normalized spacial score (nSPS) is 11.9. The predicted octanol–water partition coefficient (Wildman–Crippen LogP) is 6.33. The Morgan fingerprint density at radius 3 is 2.13 bits per heavy atom. The average Bonchev–Trinajstić information content (AvgIpc) is 2.79. The fourth-order valence-electron chi connectivity index (χ4n) is 4.23. The minimum atomic E-state index is -1.06. The van der Waals surface area contributed by atoms with Crippen LogP contribution in [0.15, 0.2) is 30.3 Å². The van der Waals surface area contributed by atoms with E-state index in [1.807, 2.05) is 32.6 Å². The smallest absolute Gasteiger partial charge is 0.323 e. The second-order valence-electron chi connectivity index (χ2n) is 10.00. The molecule has 2 aromatic rings. The van der Waals surface area contributed by atoms with Gasteiger partial charge >= 0.3 is 12.0 Å². The second-order valence-corrected chi connectivity index (χ2v) is 10.00. The standard InChI is InChI=1S/C28H39F2N3O5/c1-7-38-21-8-9-24(22(29)13-21)31-28(36)32-25-11-19(20(16-37-6)12-26(34)35)10-23(30)27(25)33(14-17(2)3)15-18(4)5/h8-11,13,17-18,20H,7,12,14-16H2,1-6H3,(H,34,35)(H2,31,32,36). The maximum absolute atomic E-state index is 15.8. The van der Waals surface area contributed by atoms with Gasteiger partial charge in [-0.15, -0.1) is 0 Å². The third kappa shape index (κ3) is 9.16. The molecule has 0 aliphatic heterocycles. The van der Waals surface area contributed by atoms with E-state index >= 15 is 4.39 Å². The van der Waals surface area contributed by atoms with Crippen molar-refractivity contribution in [2.75, 3.05) is 48.9 Å². The van der Waals surface area contributed by atoms with Crippen molar-refractivity contribution in [2.24, 2.45) is 11.8 Å². The van der Waals surface area contributed by atoms with Crippen LogP contribution in [-0.2, 0) is 9.53 Å². The summed E-state index contributed by atoms with van der Waals surface area (Å²) in [6.45, 7) is 11.3. The molecule has 3 N–H and O–H groups in total. The Hall–Kier alpha value is -3.40. The van der Waals surface area contributed by atoms with Crippen LogP contribution in [0.4, 0.5) is 30.6 Å². The van der Waals surface area contributed by atoms with Crippen LogP contribution in [0, 0.1) is 23.5 Å². The highest BCUT2D eigenvalue weighted by atomic mass is 19.1. The molecule has 8 nitrogen and oxygen atoms in total. The molecule has 0 aliphatic rings. The Morgan fingerprint density at radius 1 is 0.974 bits per heavy atom. The molecule has 0 bridgehead atoms. The number of urea groups is 1. The number of nitrogens with one attached hydrogen (secondary N) is 2. The predicted molar refractivity (Wildman–Crippen MR) is 145 cm³/mol. The molecule has 10 heteroatoms. The number of hydrogen-bond donors (Lipinski definition) is 3. The highest BCUT2D eigenvalue weighted by Crippen LogP contribution is 2.36. The van der Waals surface area contributed by atoms with Crippen molar-refractivity contribution >= 4 is 29.1 Å². The largest absolute Gasteiger partial charge is 0.494 e. The summed E-state index contributed by atoms with van der Waals surface area (Å²) in [7, 11) is 1.44. The summed E-state index contributed by atoms with van der Waals surface area (Å²) in [4.78, 5) is 26.3. The van der Waals surface area contributed by atoms with Gasteiger partial charge in [0, 0.05) is 32.2 Å². The second kappa shape index (κ2) is 14.5. The molecule has 0 saturated heterocycles. The number of anilines is 3. The number of carboxylic acid groups (broad SMARTS) is 1. The van der Waals surface area contributed by atoms with E-state index in [4.69, 9.17) is 9.47 Å². The van der Waals surface area contributed by atoms with Gasteiger partial charge in [-0.25, -0.2) is 13.6 Å². The van der Waals surface area contributed by atoms with E-state index < -0.39 is 29.6 Å².